The average Bonchev–Trinajstić information content (AvgIpc) is 3.04. The summed E-state index contributed by atoms with van der Waals surface area (Å²) >= 11 is 0. The number of furan rings is 1. The lowest BCUT2D eigenvalue weighted by molar-refractivity contribution is -0.384. The van der Waals surface area contributed by atoms with Crippen LogP contribution in [0.5, 0.6) is 0 Å². The second kappa shape index (κ2) is 9.82. The van der Waals surface area contributed by atoms with Crippen LogP contribution in [0.4, 0.5) is 5.69 Å². The largest absolute Gasteiger partial charge is 0.469 e. The van der Waals surface area contributed by atoms with Gasteiger partial charge in [0.1, 0.15) is 5.76 Å². The van der Waals surface area contributed by atoms with E-state index in [1.165, 1.54) is 6.07 Å². The normalized spacial score (nSPS) is 10.7. The van der Waals surface area contributed by atoms with Gasteiger partial charge in [-0.15, -0.1) is 24.0 Å². The van der Waals surface area contributed by atoms with Gasteiger partial charge in [0.2, 0.25) is 0 Å². The van der Waals surface area contributed by atoms with E-state index in [-0.39, 0.29) is 29.7 Å². The fourth-order valence-electron chi connectivity index (χ4n) is 1.95. The number of non-ortho nitro benzene ring substituents is 1. The topological polar surface area (TPSA) is 92.7 Å². The van der Waals surface area contributed by atoms with E-state index in [0.29, 0.717) is 19.0 Å². The van der Waals surface area contributed by atoms with Crippen molar-refractivity contribution in [2.45, 2.75) is 13.0 Å². The fourth-order valence-corrected chi connectivity index (χ4v) is 1.95. The van der Waals surface area contributed by atoms with Crippen LogP contribution in [0.1, 0.15) is 11.3 Å². The summed E-state index contributed by atoms with van der Waals surface area (Å²) in [6.45, 7) is 1.14. The van der Waals surface area contributed by atoms with Crippen LogP contribution in [0.15, 0.2) is 52.1 Å². The maximum Gasteiger partial charge on any atom is 0.269 e. The molecule has 124 valence electrons. The van der Waals surface area contributed by atoms with Crippen LogP contribution < -0.4 is 10.6 Å². The molecule has 0 unspecified atom stereocenters. The maximum atomic E-state index is 10.7. The Morgan fingerprint density at radius 1 is 1.30 bits per heavy atom. The molecule has 0 saturated carbocycles. The van der Waals surface area contributed by atoms with E-state index in [1.54, 1.807) is 25.4 Å². The van der Waals surface area contributed by atoms with Crippen molar-refractivity contribution in [3.63, 3.8) is 0 Å². The second-order valence-electron chi connectivity index (χ2n) is 4.61. The number of nitrogens with zero attached hydrogens (tertiary/aromatic N) is 2. The Kier molecular flexibility index (Phi) is 8.09. The molecule has 2 N–H and O–H groups in total. The number of hydrogen-bond donors (Lipinski definition) is 2. The lowest BCUT2D eigenvalue weighted by Gasteiger charge is -2.11. The van der Waals surface area contributed by atoms with Gasteiger partial charge >= 0.3 is 0 Å². The van der Waals surface area contributed by atoms with Crippen molar-refractivity contribution in [2.24, 2.45) is 4.99 Å². The summed E-state index contributed by atoms with van der Waals surface area (Å²) in [6.07, 6.45) is 2.40. The molecule has 0 atom stereocenters. The van der Waals surface area contributed by atoms with Crippen molar-refractivity contribution < 1.29 is 9.34 Å². The van der Waals surface area contributed by atoms with Gasteiger partial charge in [0.15, 0.2) is 5.96 Å². The molecular weight excluding hydrogens is 411 g/mol. The minimum atomic E-state index is -0.403. The summed E-state index contributed by atoms with van der Waals surface area (Å²) in [7, 11) is 1.68. The Hall–Kier alpha value is -2.10. The van der Waals surface area contributed by atoms with Crippen LogP contribution in [0.3, 0.4) is 0 Å². The van der Waals surface area contributed by atoms with Crippen LogP contribution in [-0.2, 0) is 13.0 Å². The second-order valence-corrected chi connectivity index (χ2v) is 4.61. The standard InChI is InChI=1S/C15H18N4O3.HI/c1-16-15(17-8-7-14-6-3-9-22-14)18-11-12-4-2-5-13(10-12)19(20)21;/h2-6,9-10H,7-8,11H2,1H3,(H2,16,17,18);1H. The molecule has 0 saturated heterocycles. The van der Waals surface area contributed by atoms with E-state index >= 15 is 0 Å². The van der Waals surface area contributed by atoms with E-state index in [0.717, 1.165) is 17.7 Å². The number of rotatable bonds is 6. The van der Waals surface area contributed by atoms with Gasteiger partial charge in [-0.1, -0.05) is 12.1 Å². The third-order valence-corrected chi connectivity index (χ3v) is 3.05. The first-order valence-corrected chi connectivity index (χ1v) is 6.89. The molecule has 0 bridgehead atoms. The first-order chi connectivity index (χ1) is 10.7. The average molecular weight is 430 g/mol. The van der Waals surface area contributed by atoms with Crippen LogP contribution in [0.2, 0.25) is 0 Å². The summed E-state index contributed by atoms with van der Waals surface area (Å²) in [5.41, 5.74) is 0.906. The molecule has 8 heteroatoms. The van der Waals surface area contributed by atoms with Gasteiger partial charge in [-0.3, -0.25) is 15.1 Å². The molecule has 0 fully saturated rings. The van der Waals surface area contributed by atoms with Gasteiger partial charge in [-0.05, 0) is 17.7 Å². The van der Waals surface area contributed by atoms with Crippen molar-refractivity contribution in [3.8, 4) is 0 Å². The van der Waals surface area contributed by atoms with E-state index < -0.39 is 4.92 Å². The number of guanidine groups is 1. The molecule has 1 heterocycles. The molecule has 1 aromatic heterocycles. The Morgan fingerprint density at radius 3 is 2.78 bits per heavy atom. The highest BCUT2D eigenvalue weighted by Crippen LogP contribution is 2.12. The molecule has 2 aromatic rings. The van der Waals surface area contributed by atoms with Crippen LogP contribution in [-0.4, -0.2) is 24.5 Å². The van der Waals surface area contributed by atoms with Crippen molar-refractivity contribution in [3.05, 3.63) is 64.1 Å². The molecule has 1 aromatic carbocycles. The smallest absolute Gasteiger partial charge is 0.269 e. The van der Waals surface area contributed by atoms with Gasteiger partial charge in [-0.2, -0.15) is 0 Å². The number of benzene rings is 1. The third kappa shape index (κ3) is 6.27. The number of nitro groups is 1. The minimum absolute atomic E-state index is 0. The zero-order valence-electron chi connectivity index (χ0n) is 12.7. The monoisotopic (exact) mass is 430 g/mol. The van der Waals surface area contributed by atoms with Crippen molar-refractivity contribution in [2.75, 3.05) is 13.6 Å². The Labute approximate surface area is 151 Å². The molecule has 23 heavy (non-hydrogen) atoms. The molecule has 0 aliphatic rings. The molecule has 7 nitrogen and oxygen atoms in total. The van der Waals surface area contributed by atoms with E-state index in [4.69, 9.17) is 4.42 Å². The van der Waals surface area contributed by atoms with Crippen LogP contribution >= 0.6 is 24.0 Å². The van der Waals surface area contributed by atoms with Gasteiger partial charge in [0.25, 0.3) is 5.69 Å². The number of nitro benzene ring substituents is 1. The van der Waals surface area contributed by atoms with Crippen LogP contribution in [0.25, 0.3) is 0 Å². The number of halogens is 1. The van der Waals surface area contributed by atoms with E-state index in [2.05, 4.69) is 15.6 Å². The van der Waals surface area contributed by atoms with E-state index in [1.807, 2.05) is 18.2 Å². The predicted octanol–water partition coefficient (Wildman–Crippen LogP) is 2.71. The maximum absolute atomic E-state index is 10.7. The highest BCUT2D eigenvalue weighted by molar-refractivity contribution is 14.0. The van der Waals surface area contributed by atoms with Crippen molar-refractivity contribution >= 4 is 35.6 Å². The summed E-state index contributed by atoms with van der Waals surface area (Å²) in [5.74, 6) is 1.54. The molecule has 0 aliphatic heterocycles. The van der Waals surface area contributed by atoms with Gasteiger partial charge < -0.3 is 15.1 Å². The SMILES string of the molecule is CN=C(NCCc1ccco1)NCc1cccc([N+](=O)[O-])c1.I. The molecular formula is C15H19IN4O3. The zero-order chi connectivity index (χ0) is 15.8. The Balaban J connectivity index is 0.00000264. The number of hydrogen-bond acceptors (Lipinski definition) is 4. The fraction of sp³-hybridized carbons (Fsp3) is 0.267. The minimum Gasteiger partial charge on any atom is -0.469 e. The lowest BCUT2D eigenvalue weighted by atomic mass is 10.2. The summed E-state index contributed by atoms with van der Waals surface area (Å²) in [5, 5.41) is 17.0. The third-order valence-electron chi connectivity index (χ3n) is 3.05. The van der Waals surface area contributed by atoms with Gasteiger partial charge in [0.05, 0.1) is 11.2 Å². The van der Waals surface area contributed by atoms with Gasteiger partial charge in [-0.25, -0.2) is 0 Å². The van der Waals surface area contributed by atoms with E-state index in [9.17, 15) is 10.1 Å². The molecule has 0 aliphatic carbocycles. The summed E-state index contributed by atoms with van der Waals surface area (Å²) in [4.78, 5) is 14.4. The Bertz CT molecular complexity index is 644. The molecule has 0 radical (unpaired) electrons. The number of aliphatic imine (C=N–C) groups is 1. The quantitative estimate of drug-likeness (QED) is 0.242. The van der Waals surface area contributed by atoms with Crippen LogP contribution in [0, 0.1) is 10.1 Å². The summed E-state index contributed by atoms with van der Waals surface area (Å²) in [6, 6.07) is 10.3. The zero-order valence-corrected chi connectivity index (χ0v) is 15.0. The van der Waals surface area contributed by atoms with Crippen molar-refractivity contribution in [1.82, 2.24) is 10.6 Å². The molecule has 0 amide bonds. The highest BCUT2D eigenvalue weighted by atomic mass is 127. The predicted molar refractivity (Wildman–Crippen MR) is 99.1 cm³/mol. The first kappa shape index (κ1) is 18.9. The first-order valence-electron chi connectivity index (χ1n) is 6.89. The van der Waals surface area contributed by atoms with Crippen molar-refractivity contribution in [1.29, 1.82) is 0 Å². The molecule has 0 spiro atoms. The highest BCUT2D eigenvalue weighted by Gasteiger charge is 2.06. The molecule has 2 rings (SSSR count). The van der Waals surface area contributed by atoms with Gasteiger partial charge in [0, 0.05) is 38.7 Å². The lowest BCUT2D eigenvalue weighted by Crippen LogP contribution is -2.37. The summed E-state index contributed by atoms with van der Waals surface area (Å²) < 4.78 is 5.25. The Morgan fingerprint density at radius 2 is 2.13 bits per heavy atom. The number of nitrogens with one attached hydrogen (secondary N) is 2.